The average Bonchev–Trinajstić information content (AvgIpc) is 3.49. The van der Waals surface area contributed by atoms with Crippen molar-refractivity contribution in [2.75, 3.05) is 25.0 Å². The molecule has 3 atom stereocenters. The summed E-state index contributed by atoms with van der Waals surface area (Å²) in [6, 6.07) is 10.7. The zero-order valence-electron chi connectivity index (χ0n) is 28.7. The summed E-state index contributed by atoms with van der Waals surface area (Å²) in [4.78, 5) is 63.2. The number of benzene rings is 2. The lowest BCUT2D eigenvalue weighted by atomic mass is 9.82. The zero-order valence-corrected chi connectivity index (χ0v) is 30.3. The number of nitrogens with two attached hydrogens (primary N) is 1. The number of aliphatic hydroxyl groups is 1. The zero-order chi connectivity index (χ0) is 37.9. The fraction of sp³-hybridized carbons (Fsp3) is 0.417. The predicted molar refractivity (Wildman–Crippen MR) is 190 cm³/mol. The molecule has 2 aromatic carbocycles. The normalized spacial score (nSPS) is 13.2. The first kappa shape index (κ1) is 41.0. The Labute approximate surface area is 303 Å². The molecule has 1 unspecified atom stereocenters. The summed E-state index contributed by atoms with van der Waals surface area (Å²) >= 11 is 2.96. The highest BCUT2D eigenvalue weighted by Crippen LogP contribution is 2.41. The summed E-state index contributed by atoms with van der Waals surface area (Å²) in [5, 5.41) is 24.4. The van der Waals surface area contributed by atoms with Crippen LogP contribution in [0.4, 0.5) is 8.78 Å². The maximum Gasteiger partial charge on any atom is 0.326 e. The van der Waals surface area contributed by atoms with Crippen molar-refractivity contribution in [1.29, 1.82) is 0 Å². The molecule has 51 heavy (non-hydrogen) atoms. The highest BCUT2D eigenvalue weighted by Gasteiger charge is 2.37. The first-order chi connectivity index (χ1) is 24.0. The van der Waals surface area contributed by atoms with Gasteiger partial charge < -0.3 is 36.0 Å². The Hall–Kier alpha value is -4.47. The SMILES string of the molecule is CC(C)(C)[C@H](c1cc(-c2cc(F)ccc2F)cn1Cc1ccccc1)N(CC[C@H](N)C(=O)NC(CCC(=O)CNC(=O)CBr)C(=O)O)C(=O)CO. The number of ketones is 1. The van der Waals surface area contributed by atoms with Gasteiger partial charge in [-0.3, -0.25) is 19.2 Å². The topological polar surface area (TPSA) is 184 Å². The summed E-state index contributed by atoms with van der Waals surface area (Å²) in [7, 11) is 0. The summed E-state index contributed by atoms with van der Waals surface area (Å²) < 4.78 is 31.1. The third kappa shape index (κ3) is 11.8. The number of aliphatic hydroxyl groups excluding tert-OH is 1. The van der Waals surface area contributed by atoms with Crippen molar-refractivity contribution in [3.05, 3.63) is 83.7 Å². The lowest BCUT2D eigenvalue weighted by Gasteiger charge is -2.41. The molecular formula is C36H44BrF2N5O7. The van der Waals surface area contributed by atoms with Crippen LogP contribution < -0.4 is 16.4 Å². The van der Waals surface area contributed by atoms with Gasteiger partial charge in [0.15, 0.2) is 5.78 Å². The van der Waals surface area contributed by atoms with Crippen molar-refractivity contribution in [1.82, 2.24) is 20.1 Å². The van der Waals surface area contributed by atoms with Crippen LogP contribution in [0.2, 0.25) is 0 Å². The predicted octanol–water partition coefficient (Wildman–Crippen LogP) is 3.54. The minimum Gasteiger partial charge on any atom is -0.480 e. The van der Waals surface area contributed by atoms with Gasteiger partial charge >= 0.3 is 5.97 Å². The van der Waals surface area contributed by atoms with E-state index in [0.717, 1.165) is 23.8 Å². The molecule has 12 nitrogen and oxygen atoms in total. The number of carboxylic acid groups (broad SMARTS) is 1. The molecule has 0 spiro atoms. The fourth-order valence-electron chi connectivity index (χ4n) is 5.68. The number of carboxylic acids is 1. The number of aromatic nitrogens is 1. The Morgan fingerprint density at radius 3 is 2.31 bits per heavy atom. The minimum absolute atomic E-state index is 0.000169. The fourth-order valence-corrected chi connectivity index (χ4v) is 5.88. The minimum atomic E-state index is -1.44. The third-order valence-corrected chi connectivity index (χ3v) is 8.69. The number of hydrogen-bond donors (Lipinski definition) is 5. The second-order valence-corrected chi connectivity index (χ2v) is 13.7. The summed E-state index contributed by atoms with van der Waals surface area (Å²) in [5.41, 5.74) is 7.31. The van der Waals surface area contributed by atoms with Gasteiger partial charge in [-0.25, -0.2) is 13.6 Å². The van der Waals surface area contributed by atoms with Gasteiger partial charge in [-0.1, -0.05) is 67.0 Å². The quantitative estimate of drug-likeness (QED) is 0.122. The largest absolute Gasteiger partial charge is 0.480 e. The maximum atomic E-state index is 15.0. The number of aliphatic carboxylic acids is 1. The summed E-state index contributed by atoms with van der Waals surface area (Å²) in [6.07, 6.45) is 1.06. The van der Waals surface area contributed by atoms with E-state index < -0.39 is 71.3 Å². The number of nitrogens with one attached hydrogen (secondary N) is 2. The van der Waals surface area contributed by atoms with Crippen molar-refractivity contribution in [3.8, 4) is 11.1 Å². The molecule has 0 radical (unpaired) electrons. The molecule has 276 valence electrons. The van der Waals surface area contributed by atoms with E-state index in [9.17, 15) is 43.0 Å². The standard InChI is InChI=1S/C36H44BrF2N5O7/c1-36(2,3)33(30-15-23(26-16-24(38)9-11-27(26)39)20-43(30)19-22-7-5-4-6-8-22)44(32(48)21-45)14-13-28(40)34(49)42-29(35(50)51)12-10-25(46)18-41-31(47)17-37/h4-9,11,15-16,20,28-29,33,45H,10,12-14,17-19,21,40H2,1-3H3,(H,41,47)(H,42,49)(H,50,51)/t28-,29?,33-/m0/s1. The van der Waals surface area contributed by atoms with Crippen molar-refractivity contribution in [3.63, 3.8) is 0 Å². The van der Waals surface area contributed by atoms with Crippen molar-refractivity contribution < 1.29 is 43.0 Å². The van der Waals surface area contributed by atoms with Crippen molar-refractivity contribution >= 4 is 45.4 Å². The number of amides is 3. The van der Waals surface area contributed by atoms with Crippen LogP contribution in [0.1, 0.15) is 57.3 Å². The number of halogens is 3. The van der Waals surface area contributed by atoms with Crippen LogP contribution in [-0.4, -0.2) is 86.3 Å². The van der Waals surface area contributed by atoms with Gasteiger partial charge in [-0.15, -0.1) is 0 Å². The van der Waals surface area contributed by atoms with Gasteiger partial charge in [0, 0.05) is 42.5 Å². The van der Waals surface area contributed by atoms with Gasteiger partial charge in [0.05, 0.1) is 24.0 Å². The number of alkyl halides is 1. The van der Waals surface area contributed by atoms with E-state index >= 15 is 0 Å². The third-order valence-electron chi connectivity index (χ3n) is 8.18. The van der Waals surface area contributed by atoms with Crippen LogP contribution in [0.5, 0.6) is 0 Å². The second-order valence-electron chi connectivity index (χ2n) is 13.2. The van der Waals surface area contributed by atoms with Crippen LogP contribution in [-0.2, 0) is 30.5 Å². The van der Waals surface area contributed by atoms with Gasteiger partial charge in [-0.05, 0) is 48.1 Å². The van der Waals surface area contributed by atoms with E-state index in [-0.39, 0.29) is 43.2 Å². The highest BCUT2D eigenvalue weighted by atomic mass is 79.9. The van der Waals surface area contributed by atoms with E-state index in [1.54, 1.807) is 12.3 Å². The van der Waals surface area contributed by atoms with E-state index in [1.807, 2.05) is 55.7 Å². The molecule has 1 heterocycles. The summed E-state index contributed by atoms with van der Waals surface area (Å²) in [5.74, 6) is -5.01. The van der Waals surface area contributed by atoms with Crippen LogP contribution >= 0.6 is 15.9 Å². The molecule has 15 heteroatoms. The average molecular weight is 777 g/mol. The van der Waals surface area contributed by atoms with Gasteiger partial charge in [-0.2, -0.15) is 0 Å². The van der Waals surface area contributed by atoms with Crippen molar-refractivity contribution in [2.24, 2.45) is 11.1 Å². The molecule has 0 aliphatic carbocycles. The van der Waals surface area contributed by atoms with E-state index in [1.165, 1.54) is 4.90 Å². The van der Waals surface area contributed by atoms with Crippen LogP contribution in [0.25, 0.3) is 11.1 Å². The smallest absolute Gasteiger partial charge is 0.326 e. The van der Waals surface area contributed by atoms with E-state index in [4.69, 9.17) is 5.73 Å². The second kappa shape index (κ2) is 18.7. The Morgan fingerprint density at radius 2 is 1.71 bits per heavy atom. The van der Waals surface area contributed by atoms with Gasteiger partial charge in [0.25, 0.3) is 0 Å². The monoisotopic (exact) mass is 775 g/mol. The number of nitrogens with zero attached hydrogens (tertiary/aromatic N) is 2. The molecule has 6 N–H and O–H groups in total. The molecule has 1 aromatic heterocycles. The number of carbonyl (C=O) groups excluding carboxylic acids is 4. The Kier molecular flexibility index (Phi) is 15.0. The van der Waals surface area contributed by atoms with E-state index in [2.05, 4.69) is 26.6 Å². The first-order valence-electron chi connectivity index (χ1n) is 16.3. The van der Waals surface area contributed by atoms with E-state index in [0.29, 0.717) is 17.8 Å². The lowest BCUT2D eigenvalue weighted by molar-refractivity contribution is -0.142. The molecule has 0 saturated carbocycles. The maximum absolute atomic E-state index is 15.0. The molecule has 0 bridgehead atoms. The Balaban J connectivity index is 1.90. The van der Waals surface area contributed by atoms with Crippen LogP contribution in [0.15, 0.2) is 60.8 Å². The summed E-state index contributed by atoms with van der Waals surface area (Å²) in [6.45, 7) is 4.62. The highest BCUT2D eigenvalue weighted by molar-refractivity contribution is 9.09. The molecule has 0 fully saturated rings. The van der Waals surface area contributed by atoms with Gasteiger partial charge in [0.2, 0.25) is 17.7 Å². The molecular weight excluding hydrogens is 732 g/mol. The first-order valence-corrected chi connectivity index (χ1v) is 17.4. The van der Waals surface area contributed by atoms with Crippen LogP contribution in [0.3, 0.4) is 0 Å². The number of rotatable bonds is 18. The molecule has 0 aliphatic rings. The Morgan fingerprint density at radius 1 is 1.02 bits per heavy atom. The molecule has 3 rings (SSSR count). The van der Waals surface area contributed by atoms with Crippen LogP contribution in [0, 0.1) is 17.0 Å². The van der Waals surface area contributed by atoms with Gasteiger partial charge in [0.1, 0.15) is 24.3 Å². The molecule has 3 amide bonds. The number of Topliss-reactive ketones (excluding diaryl/α,β-unsaturated/α-hetero) is 1. The molecule has 3 aromatic rings. The Bertz CT molecular complexity index is 1700. The van der Waals surface area contributed by atoms with Crippen molar-refractivity contribution in [2.45, 2.75) is 64.7 Å². The number of hydrogen-bond acceptors (Lipinski definition) is 7. The molecule has 0 aliphatic heterocycles. The number of carbonyl (C=O) groups is 5. The molecule has 0 saturated heterocycles. The lowest BCUT2D eigenvalue weighted by Crippen LogP contribution is -2.50.